The minimum atomic E-state index is 0.529. The minimum Gasteiger partial charge on any atom is -0.330 e. The summed E-state index contributed by atoms with van der Waals surface area (Å²) in [6.07, 6.45) is 4.29. The van der Waals surface area contributed by atoms with E-state index >= 15 is 0 Å². The van der Waals surface area contributed by atoms with Gasteiger partial charge in [-0.2, -0.15) is 0 Å². The quantitative estimate of drug-likeness (QED) is 0.513. The molecule has 126 valence electrons. The van der Waals surface area contributed by atoms with Crippen LogP contribution in [0, 0.1) is 5.92 Å². The molecule has 2 fully saturated rings. The predicted molar refractivity (Wildman–Crippen MR) is 92.5 cm³/mol. The van der Waals surface area contributed by atoms with Crippen molar-refractivity contribution >= 4 is 0 Å². The number of piperazine rings is 1. The van der Waals surface area contributed by atoms with Crippen LogP contribution in [0.1, 0.15) is 18.5 Å². The van der Waals surface area contributed by atoms with Crippen LogP contribution in [0.4, 0.5) is 0 Å². The van der Waals surface area contributed by atoms with Gasteiger partial charge in [-0.05, 0) is 50.5 Å². The van der Waals surface area contributed by atoms with E-state index in [1.807, 2.05) is 18.2 Å². The van der Waals surface area contributed by atoms with E-state index in [2.05, 4.69) is 20.9 Å². The summed E-state index contributed by atoms with van der Waals surface area (Å²) in [5, 5.41) is 9.74. The SMILES string of the molecule is C1CNCCN1.NCC1CCNCC1.NCc1ccccn1. The first kappa shape index (κ1) is 19.0. The van der Waals surface area contributed by atoms with Gasteiger partial charge in [0.1, 0.15) is 0 Å². The van der Waals surface area contributed by atoms with E-state index in [-0.39, 0.29) is 0 Å². The number of nitrogens with two attached hydrogens (primary N) is 2. The van der Waals surface area contributed by atoms with Crippen molar-refractivity contribution < 1.29 is 0 Å². The van der Waals surface area contributed by atoms with E-state index in [1.54, 1.807) is 6.20 Å². The van der Waals surface area contributed by atoms with Crippen LogP contribution in [0.15, 0.2) is 24.4 Å². The van der Waals surface area contributed by atoms with Crippen molar-refractivity contribution in [3.05, 3.63) is 30.1 Å². The number of aromatic nitrogens is 1. The zero-order valence-corrected chi connectivity index (χ0v) is 13.6. The fourth-order valence-corrected chi connectivity index (χ4v) is 2.24. The minimum absolute atomic E-state index is 0.529. The van der Waals surface area contributed by atoms with Gasteiger partial charge < -0.3 is 27.4 Å². The number of hydrogen-bond acceptors (Lipinski definition) is 6. The smallest absolute Gasteiger partial charge is 0.0539 e. The molecule has 0 atom stereocenters. The molecular formula is C16H32N6. The van der Waals surface area contributed by atoms with Crippen LogP contribution in [0.5, 0.6) is 0 Å². The zero-order chi connectivity index (χ0) is 15.9. The topological polar surface area (TPSA) is 101 Å². The second-order valence-corrected chi connectivity index (χ2v) is 5.45. The van der Waals surface area contributed by atoms with E-state index < -0.39 is 0 Å². The van der Waals surface area contributed by atoms with Gasteiger partial charge in [0.25, 0.3) is 0 Å². The van der Waals surface area contributed by atoms with E-state index in [1.165, 1.54) is 25.9 Å². The standard InChI is InChI=1S/C6H14N2.C6H8N2.C4H10N2/c7-5-6-1-3-8-4-2-6;7-5-6-3-1-2-4-8-6;1-2-6-4-3-5-1/h6,8H,1-5,7H2;1-4H,5,7H2;5-6H,1-4H2. The average Bonchev–Trinajstić information content (AvgIpc) is 2.65. The van der Waals surface area contributed by atoms with Gasteiger partial charge >= 0.3 is 0 Å². The van der Waals surface area contributed by atoms with E-state index in [0.717, 1.165) is 44.3 Å². The summed E-state index contributed by atoms with van der Waals surface area (Å²) >= 11 is 0. The molecule has 0 radical (unpaired) electrons. The fraction of sp³-hybridized carbons (Fsp3) is 0.688. The van der Waals surface area contributed by atoms with Crippen LogP contribution < -0.4 is 27.4 Å². The maximum atomic E-state index is 5.48. The number of hydrogen-bond donors (Lipinski definition) is 5. The fourth-order valence-electron chi connectivity index (χ4n) is 2.24. The molecule has 2 aliphatic rings. The third-order valence-electron chi connectivity index (χ3n) is 3.68. The lowest BCUT2D eigenvalue weighted by Gasteiger charge is -2.20. The number of pyridine rings is 1. The molecule has 0 aliphatic carbocycles. The molecule has 0 spiro atoms. The van der Waals surface area contributed by atoms with Crippen LogP contribution in [0.25, 0.3) is 0 Å². The van der Waals surface area contributed by atoms with Crippen LogP contribution in [-0.4, -0.2) is 50.8 Å². The predicted octanol–water partition coefficient (Wildman–Crippen LogP) is -0.336. The molecule has 1 aromatic rings. The highest BCUT2D eigenvalue weighted by molar-refractivity contribution is 5.02. The van der Waals surface area contributed by atoms with Gasteiger partial charge in [0.15, 0.2) is 0 Å². The highest BCUT2D eigenvalue weighted by Gasteiger charge is 2.09. The molecular weight excluding hydrogens is 276 g/mol. The molecule has 1 aromatic heterocycles. The Bertz CT molecular complexity index is 324. The van der Waals surface area contributed by atoms with Crippen molar-refractivity contribution in [2.75, 3.05) is 45.8 Å². The summed E-state index contributed by atoms with van der Waals surface area (Å²) in [7, 11) is 0. The first-order chi connectivity index (χ1) is 10.9. The maximum Gasteiger partial charge on any atom is 0.0539 e. The summed E-state index contributed by atoms with van der Waals surface area (Å²) in [4.78, 5) is 3.97. The Morgan fingerprint density at radius 2 is 1.50 bits per heavy atom. The average molecular weight is 308 g/mol. The summed E-state index contributed by atoms with van der Waals surface area (Å²) in [5.41, 5.74) is 11.7. The molecule has 3 rings (SSSR count). The Morgan fingerprint density at radius 1 is 0.909 bits per heavy atom. The Morgan fingerprint density at radius 3 is 1.82 bits per heavy atom. The summed E-state index contributed by atoms with van der Waals surface area (Å²) in [6, 6.07) is 5.70. The van der Waals surface area contributed by atoms with Crippen molar-refractivity contribution in [3.63, 3.8) is 0 Å². The Kier molecular flexibility index (Phi) is 11.7. The molecule has 0 aromatic carbocycles. The van der Waals surface area contributed by atoms with E-state index in [4.69, 9.17) is 11.5 Å². The van der Waals surface area contributed by atoms with Gasteiger partial charge in [-0.1, -0.05) is 6.07 Å². The molecule has 7 N–H and O–H groups in total. The molecule has 2 saturated heterocycles. The molecule has 6 nitrogen and oxygen atoms in total. The number of nitrogens with one attached hydrogen (secondary N) is 3. The lowest BCUT2D eigenvalue weighted by atomic mass is 9.99. The highest BCUT2D eigenvalue weighted by atomic mass is 15.0. The molecule has 22 heavy (non-hydrogen) atoms. The molecule has 6 heteroatoms. The van der Waals surface area contributed by atoms with Gasteiger partial charge in [-0.15, -0.1) is 0 Å². The lowest BCUT2D eigenvalue weighted by Crippen LogP contribution is -2.39. The number of rotatable bonds is 2. The number of piperidine rings is 1. The molecule has 0 bridgehead atoms. The molecule has 3 heterocycles. The molecule has 0 amide bonds. The van der Waals surface area contributed by atoms with Crippen LogP contribution >= 0.6 is 0 Å². The van der Waals surface area contributed by atoms with Gasteiger partial charge in [0.05, 0.1) is 5.69 Å². The normalized spacial score (nSPS) is 18.5. The Balaban J connectivity index is 0.000000167. The van der Waals surface area contributed by atoms with Crippen molar-refractivity contribution in [2.45, 2.75) is 19.4 Å². The second kappa shape index (κ2) is 13.6. The van der Waals surface area contributed by atoms with Crippen LogP contribution in [0.2, 0.25) is 0 Å². The molecule has 0 saturated carbocycles. The van der Waals surface area contributed by atoms with Crippen LogP contribution in [-0.2, 0) is 6.54 Å². The maximum absolute atomic E-state index is 5.48. The first-order valence-electron chi connectivity index (χ1n) is 8.29. The van der Waals surface area contributed by atoms with Crippen molar-refractivity contribution in [1.29, 1.82) is 0 Å². The van der Waals surface area contributed by atoms with Gasteiger partial charge in [-0.3, -0.25) is 4.98 Å². The third-order valence-corrected chi connectivity index (χ3v) is 3.68. The first-order valence-corrected chi connectivity index (χ1v) is 8.29. The molecule has 2 aliphatic heterocycles. The van der Waals surface area contributed by atoms with Crippen molar-refractivity contribution in [2.24, 2.45) is 17.4 Å². The van der Waals surface area contributed by atoms with Gasteiger partial charge in [0.2, 0.25) is 0 Å². The largest absolute Gasteiger partial charge is 0.330 e. The summed E-state index contributed by atoms with van der Waals surface area (Å²) in [6.45, 7) is 8.30. The highest BCUT2D eigenvalue weighted by Crippen LogP contribution is 2.07. The lowest BCUT2D eigenvalue weighted by molar-refractivity contribution is 0.382. The monoisotopic (exact) mass is 308 g/mol. The van der Waals surface area contributed by atoms with E-state index in [9.17, 15) is 0 Å². The van der Waals surface area contributed by atoms with E-state index in [0.29, 0.717) is 6.54 Å². The molecule has 0 unspecified atom stereocenters. The third kappa shape index (κ3) is 9.81. The van der Waals surface area contributed by atoms with Gasteiger partial charge in [-0.25, -0.2) is 0 Å². The van der Waals surface area contributed by atoms with Crippen molar-refractivity contribution in [3.8, 4) is 0 Å². The zero-order valence-electron chi connectivity index (χ0n) is 13.6. The Hall–Kier alpha value is -1.05. The summed E-state index contributed by atoms with van der Waals surface area (Å²) in [5.74, 6) is 0.802. The second-order valence-electron chi connectivity index (χ2n) is 5.45. The van der Waals surface area contributed by atoms with Gasteiger partial charge in [0, 0.05) is 38.9 Å². The number of nitrogens with zero attached hydrogens (tertiary/aromatic N) is 1. The summed E-state index contributed by atoms with van der Waals surface area (Å²) < 4.78 is 0. The van der Waals surface area contributed by atoms with Crippen molar-refractivity contribution in [1.82, 2.24) is 20.9 Å². The van der Waals surface area contributed by atoms with Crippen LogP contribution in [0.3, 0.4) is 0 Å². The Labute approximate surface area is 134 Å².